The van der Waals surface area contributed by atoms with Crippen molar-refractivity contribution in [1.29, 1.82) is 0 Å². The zero-order valence-electron chi connectivity index (χ0n) is 10.8. The predicted octanol–water partition coefficient (Wildman–Crippen LogP) is 2.13. The fourth-order valence-electron chi connectivity index (χ4n) is 2.09. The second-order valence-corrected chi connectivity index (χ2v) is 4.38. The Morgan fingerprint density at radius 2 is 1.95 bits per heavy atom. The molecule has 3 N–H and O–H groups in total. The number of amides is 1. The van der Waals surface area contributed by atoms with Gasteiger partial charge in [0.05, 0.1) is 0 Å². The van der Waals surface area contributed by atoms with E-state index in [4.69, 9.17) is 15.2 Å². The first-order valence-corrected chi connectivity index (χ1v) is 6.27. The van der Waals surface area contributed by atoms with E-state index in [9.17, 15) is 4.79 Å². The molecule has 0 atom stereocenters. The molecule has 102 valence electrons. The zero-order chi connectivity index (χ0) is 13.9. The Balaban J connectivity index is 1.82. The summed E-state index contributed by atoms with van der Waals surface area (Å²) in [6, 6.07) is 12.6. The number of ether oxygens (including phenoxy) is 2. The average Bonchev–Trinajstić information content (AvgIpc) is 2.94. The second-order valence-electron chi connectivity index (χ2n) is 4.38. The zero-order valence-corrected chi connectivity index (χ0v) is 10.8. The van der Waals surface area contributed by atoms with E-state index >= 15 is 0 Å². The smallest absolute Gasteiger partial charge is 0.255 e. The van der Waals surface area contributed by atoms with Gasteiger partial charge in [0.15, 0.2) is 11.5 Å². The van der Waals surface area contributed by atoms with Gasteiger partial charge >= 0.3 is 0 Å². The Morgan fingerprint density at radius 1 is 1.15 bits per heavy atom. The van der Waals surface area contributed by atoms with E-state index in [0.29, 0.717) is 29.3 Å². The fraction of sp³-hybridized carbons (Fsp3) is 0.133. The summed E-state index contributed by atoms with van der Waals surface area (Å²) < 4.78 is 10.5. The van der Waals surface area contributed by atoms with Gasteiger partial charge in [-0.05, 0) is 23.8 Å². The van der Waals surface area contributed by atoms with Crippen LogP contribution >= 0.6 is 0 Å². The molecule has 1 aliphatic rings. The van der Waals surface area contributed by atoms with E-state index in [-0.39, 0.29) is 12.7 Å². The van der Waals surface area contributed by atoms with Crippen LogP contribution in [0.2, 0.25) is 0 Å². The van der Waals surface area contributed by atoms with Crippen LogP contribution in [0.4, 0.5) is 5.69 Å². The number of anilines is 1. The van der Waals surface area contributed by atoms with Gasteiger partial charge in [0.1, 0.15) is 0 Å². The van der Waals surface area contributed by atoms with Crippen LogP contribution in [-0.4, -0.2) is 12.7 Å². The first-order valence-electron chi connectivity index (χ1n) is 6.27. The van der Waals surface area contributed by atoms with Gasteiger partial charge in [-0.1, -0.05) is 18.2 Å². The van der Waals surface area contributed by atoms with Crippen LogP contribution in [0, 0.1) is 0 Å². The van der Waals surface area contributed by atoms with Gasteiger partial charge in [-0.3, -0.25) is 4.79 Å². The molecule has 2 aromatic rings. The van der Waals surface area contributed by atoms with Crippen molar-refractivity contribution >= 4 is 11.6 Å². The summed E-state index contributed by atoms with van der Waals surface area (Å²) in [6.07, 6.45) is 0. The van der Waals surface area contributed by atoms with Gasteiger partial charge in [-0.2, -0.15) is 0 Å². The number of hydrogen-bond donors (Lipinski definition) is 2. The first-order chi connectivity index (χ1) is 9.78. The summed E-state index contributed by atoms with van der Waals surface area (Å²) in [5, 5.41) is 2.83. The van der Waals surface area contributed by atoms with Crippen LogP contribution in [0.25, 0.3) is 0 Å². The van der Waals surface area contributed by atoms with Crippen molar-refractivity contribution < 1.29 is 14.3 Å². The molecule has 2 aromatic carbocycles. The lowest BCUT2D eigenvalue weighted by Crippen LogP contribution is -2.15. The summed E-state index contributed by atoms with van der Waals surface area (Å²) in [4.78, 5) is 12.3. The molecule has 0 aliphatic carbocycles. The van der Waals surface area contributed by atoms with Gasteiger partial charge in [-0.25, -0.2) is 0 Å². The Kier molecular flexibility index (Phi) is 3.26. The SMILES string of the molecule is NCc1ccccc1C(=O)Nc1ccc2c(c1)OCO2. The normalized spacial score (nSPS) is 12.2. The lowest BCUT2D eigenvalue weighted by molar-refractivity contribution is 0.102. The van der Waals surface area contributed by atoms with Crippen molar-refractivity contribution in [2.75, 3.05) is 12.1 Å². The number of rotatable bonds is 3. The molecule has 0 saturated carbocycles. The molecule has 5 heteroatoms. The molecular formula is C15H14N2O3. The summed E-state index contributed by atoms with van der Waals surface area (Å²) in [5.41, 5.74) is 7.68. The van der Waals surface area contributed by atoms with Crippen molar-refractivity contribution in [3.8, 4) is 11.5 Å². The van der Waals surface area contributed by atoms with Crippen molar-refractivity contribution in [2.45, 2.75) is 6.54 Å². The maximum Gasteiger partial charge on any atom is 0.255 e. The summed E-state index contributed by atoms with van der Waals surface area (Å²) in [6.45, 7) is 0.535. The number of nitrogens with two attached hydrogens (primary N) is 1. The minimum atomic E-state index is -0.190. The molecule has 1 aliphatic heterocycles. The third kappa shape index (κ3) is 2.31. The molecule has 1 heterocycles. The maximum absolute atomic E-state index is 12.3. The standard InChI is InChI=1S/C15H14N2O3/c16-8-10-3-1-2-4-12(10)15(18)17-11-5-6-13-14(7-11)20-9-19-13/h1-7H,8-9,16H2,(H,17,18). The summed E-state index contributed by atoms with van der Waals surface area (Å²) >= 11 is 0. The van der Waals surface area contributed by atoms with E-state index in [2.05, 4.69) is 5.32 Å². The highest BCUT2D eigenvalue weighted by atomic mass is 16.7. The molecule has 5 nitrogen and oxygen atoms in total. The summed E-state index contributed by atoms with van der Waals surface area (Å²) in [5.74, 6) is 1.13. The fourth-order valence-corrected chi connectivity index (χ4v) is 2.09. The molecular weight excluding hydrogens is 256 g/mol. The highest BCUT2D eigenvalue weighted by molar-refractivity contribution is 6.05. The van der Waals surface area contributed by atoms with Crippen molar-refractivity contribution in [3.05, 3.63) is 53.6 Å². The van der Waals surface area contributed by atoms with E-state index in [1.807, 2.05) is 18.2 Å². The quantitative estimate of drug-likeness (QED) is 0.896. The van der Waals surface area contributed by atoms with Gasteiger partial charge < -0.3 is 20.5 Å². The minimum absolute atomic E-state index is 0.190. The Bertz CT molecular complexity index is 655. The molecule has 0 bridgehead atoms. The molecule has 0 fully saturated rings. The molecule has 0 aromatic heterocycles. The van der Waals surface area contributed by atoms with Crippen LogP contribution in [0.1, 0.15) is 15.9 Å². The molecule has 0 radical (unpaired) electrons. The highest BCUT2D eigenvalue weighted by Gasteiger charge is 2.15. The van der Waals surface area contributed by atoms with E-state index in [1.165, 1.54) is 0 Å². The van der Waals surface area contributed by atoms with Gasteiger partial charge in [0, 0.05) is 23.9 Å². The molecule has 1 amide bonds. The van der Waals surface area contributed by atoms with Crippen LogP contribution in [-0.2, 0) is 6.54 Å². The van der Waals surface area contributed by atoms with Gasteiger partial charge in [-0.15, -0.1) is 0 Å². The van der Waals surface area contributed by atoms with Crippen molar-refractivity contribution in [1.82, 2.24) is 0 Å². The van der Waals surface area contributed by atoms with Crippen LogP contribution in [0.3, 0.4) is 0 Å². The molecule has 0 unspecified atom stereocenters. The third-order valence-electron chi connectivity index (χ3n) is 3.11. The van der Waals surface area contributed by atoms with Crippen LogP contribution in [0.15, 0.2) is 42.5 Å². The Morgan fingerprint density at radius 3 is 2.80 bits per heavy atom. The minimum Gasteiger partial charge on any atom is -0.454 e. The number of fused-ring (bicyclic) bond motifs is 1. The van der Waals surface area contributed by atoms with Gasteiger partial charge in [0.25, 0.3) is 5.91 Å². The second kappa shape index (κ2) is 5.22. The number of nitrogens with one attached hydrogen (secondary N) is 1. The summed E-state index contributed by atoms with van der Waals surface area (Å²) in [7, 11) is 0. The highest BCUT2D eigenvalue weighted by Crippen LogP contribution is 2.34. The Hall–Kier alpha value is -2.53. The Labute approximate surface area is 116 Å². The third-order valence-corrected chi connectivity index (χ3v) is 3.11. The molecule has 0 saturated heterocycles. The van der Waals surface area contributed by atoms with E-state index in [1.54, 1.807) is 24.3 Å². The maximum atomic E-state index is 12.3. The first kappa shape index (κ1) is 12.5. The van der Waals surface area contributed by atoms with Crippen LogP contribution < -0.4 is 20.5 Å². The number of carbonyl (C=O) groups excluding carboxylic acids is 1. The topological polar surface area (TPSA) is 73.6 Å². The number of hydrogen-bond acceptors (Lipinski definition) is 4. The molecule has 0 spiro atoms. The number of carbonyl (C=O) groups is 1. The molecule has 3 rings (SSSR count). The number of benzene rings is 2. The largest absolute Gasteiger partial charge is 0.454 e. The predicted molar refractivity (Wildman–Crippen MR) is 74.9 cm³/mol. The lowest BCUT2D eigenvalue weighted by Gasteiger charge is -2.09. The molecule has 20 heavy (non-hydrogen) atoms. The van der Waals surface area contributed by atoms with Crippen molar-refractivity contribution in [2.24, 2.45) is 5.73 Å². The van der Waals surface area contributed by atoms with Gasteiger partial charge in [0.2, 0.25) is 6.79 Å². The van der Waals surface area contributed by atoms with E-state index in [0.717, 1.165) is 5.56 Å². The van der Waals surface area contributed by atoms with Crippen LogP contribution in [0.5, 0.6) is 11.5 Å². The van der Waals surface area contributed by atoms with E-state index < -0.39 is 0 Å². The monoisotopic (exact) mass is 270 g/mol. The average molecular weight is 270 g/mol. The lowest BCUT2D eigenvalue weighted by atomic mass is 10.1. The van der Waals surface area contributed by atoms with Crippen molar-refractivity contribution in [3.63, 3.8) is 0 Å².